The maximum Gasteiger partial charge on any atom is 0.236 e. The summed E-state index contributed by atoms with van der Waals surface area (Å²) in [4.78, 5) is 18.5. The molecule has 1 saturated carbocycles. The number of anilines is 1. The van der Waals surface area contributed by atoms with Crippen molar-refractivity contribution in [2.75, 3.05) is 25.3 Å². The molecule has 0 radical (unpaired) electrons. The predicted octanol–water partition coefficient (Wildman–Crippen LogP) is 3.23. The van der Waals surface area contributed by atoms with Crippen LogP contribution >= 0.6 is 22.9 Å². The fourth-order valence-corrected chi connectivity index (χ4v) is 5.23. The molecule has 1 aromatic heterocycles. The molecule has 34 heavy (non-hydrogen) atoms. The highest BCUT2D eigenvalue weighted by Crippen LogP contribution is 2.51. The molecular weight excluding hydrogens is 478 g/mol. The Labute approximate surface area is 205 Å². The second kappa shape index (κ2) is 9.52. The van der Waals surface area contributed by atoms with E-state index in [1.807, 2.05) is 36.4 Å². The van der Waals surface area contributed by atoms with Gasteiger partial charge in [0.05, 0.1) is 30.7 Å². The third kappa shape index (κ3) is 4.37. The maximum atomic E-state index is 13.3. The van der Waals surface area contributed by atoms with Gasteiger partial charge >= 0.3 is 0 Å². The Kier molecular flexibility index (Phi) is 6.46. The Bertz CT molecular complexity index is 1190. The Morgan fingerprint density at radius 2 is 1.91 bits per heavy atom. The highest BCUT2D eigenvalue weighted by Gasteiger charge is 2.52. The van der Waals surface area contributed by atoms with E-state index in [4.69, 9.17) is 21.1 Å². The molecule has 1 unspecified atom stereocenters. The molecule has 1 aliphatic carbocycles. The highest BCUT2D eigenvalue weighted by atomic mass is 35.5. The van der Waals surface area contributed by atoms with E-state index >= 15 is 0 Å². The van der Waals surface area contributed by atoms with Crippen LogP contribution in [0.3, 0.4) is 0 Å². The molecule has 2 heterocycles. The molecule has 3 aromatic rings. The molecule has 1 fully saturated rings. The van der Waals surface area contributed by atoms with Crippen LogP contribution in [0.4, 0.5) is 5.13 Å². The van der Waals surface area contributed by atoms with Crippen LogP contribution in [-0.2, 0) is 10.2 Å². The quantitative estimate of drug-likeness (QED) is 0.356. The van der Waals surface area contributed by atoms with Crippen molar-refractivity contribution < 1.29 is 24.5 Å². The lowest BCUT2D eigenvalue weighted by molar-refractivity contribution is -0.118. The molecule has 2 aliphatic rings. The van der Waals surface area contributed by atoms with E-state index in [9.17, 15) is 15.0 Å². The van der Waals surface area contributed by atoms with Gasteiger partial charge < -0.3 is 25.0 Å². The number of nitrogens with zero attached hydrogens (tertiary/aromatic N) is 1. The van der Waals surface area contributed by atoms with Crippen LogP contribution in [0.2, 0.25) is 5.02 Å². The summed E-state index contributed by atoms with van der Waals surface area (Å²) in [5.74, 6) is 1.23. The first kappa shape index (κ1) is 23.1. The molecule has 10 heteroatoms. The Morgan fingerprint density at radius 3 is 2.65 bits per heavy atom. The van der Waals surface area contributed by atoms with Gasteiger partial charge in [-0.1, -0.05) is 47.2 Å². The number of aromatic nitrogens is 1. The minimum Gasteiger partial charge on any atom is -0.454 e. The summed E-state index contributed by atoms with van der Waals surface area (Å²) in [6.07, 6.45) is 3.16. The highest BCUT2D eigenvalue weighted by molar-refractivity contribution is 7.15. The number of amides is 1. The number of rotatable bonds is 9. The van der Waals surface area contributed by atoms with E-state index in [1.165, 1.54) is 11.3 Å². The standard InChI is InChI=1S/C24H24ClN3O5S/c25-17-4-2-1-3-16(17)21(27-15(11-29)12-30)20-10-26-23(34-20)28-22(31)24(7-8-24)14-5-6-18-19(9-14)33-13-32-18/h1-6,9-10,15,21,27,29-30H,7-8,11-13H2,(H,26,28,31). The number of halogens is 1. The number of hydrogen-bond donors (Lipinski definition) is 4. The summed E-state index contributed by atoms with van der Waals surface area (Å²) < 4.78 is 10.9. The largest absolute Gasteiger partial charge is 0.454 e. The van der Waals surface area contributed by atoms with Gasteiger partial charge in [-0.25, -0.2) is 4.98 Å². The minimum atomic E-state index is -0.605. The molecule has 5 rings (SSSR count). The number of benzene rings is 2. The molecule has 4 N–H and O–H groups in total. The van der Waals surface area contributed by atoms with Gasteiger partial charge in [-0.05, 0) is 42.2 Å². The van der Waals surface area contributed by atoms with Crippen molar-refractivity contribution in [3.05, 3.63) is 69.7 Å². The summed E-state index contributed by atoms with van der Waals surface area (Å²) in [5.41, 5.74) is 1.08. The van der Waals surface area contributed by atoms with Gasteiger partial charge in [0.2, 0.25) is 12.7 Å². The number of carbonyl (C=O) groups excluding carboxylic acids is 1. The van der Waals surface area contributed by atoms with Crippen molar-refractivity contribution in [1.29, 1.82) is 0 Å². The number of aliphatic hydroxyl groups excluding tert-OH is 2. The maximum absolute atomic E-state index is 13.3. The van der Waals surface area contributed by atoms with Gasteiger partial charge in [-0.2, -0.15) is 0 Å². The summed E-state index contributed by atoms with van der Waals surface area (Å²) >= 11 is 7.76. The molecule has 8 nitrogen and oxygen atoms in total. The summed E-state index contributed by atoms with van der Waals surface area (Å²) in [6.45, 7) is -0.288. The third-order valence-electron chi connectivity index (χ3n) is 6.20. The van der Waals surface area contributed by atoms with Gasteiger partial charge in [0, 0.05) is 16.1 Å². The van der Waals surface area contributed by atoms with Crippen molar-refractivity contribution >= 4 is 34.0 Å². The van der Waals surface area contributed by atoms with E-state index < -0.39 is 17.5 Å². The van der Waals surface area contributed by atoms with Crippen molar-refractivity contribution in [2.24, 2.45) is 0 Å². The van der Waals surface area contributed by atoms with Crippen LogP contribution in [0.15, 0.2) is 48.7 Å². The molecule has 178 valence electrons. The average Bonchev–Trinajstić information content (AvgIpc) is 3.31. The number of thiazole rings is 1. The van der Waals surface area contributed by atoms with E-state index in [0.29, 0.717) is 21.7 Å². The number of carbonyl (C=O) groups is 1. The molecule has 1 atom stereocenters. The van der Waals surface area contributed by atoms with Gasteiger partial charge in [-0.15, -0.1) is 0 Å². The van der Waals surface area contributed by atoms with E-state index in [1.54, 1.807) is 12.3 Å². The Morgan fingerprint density at radius 1 is 1.15 bits per heavy atom. The van der Waals surface area contributed by atoms with Crippen LogP contribution in [0.1, 0.15) is 34.9 Å². The van der Waals surface area contributed by atoms with Crippen LogP contribution in [0.5, 0.6) is 11.5 Å². The first-order valence-electron chi connectivity index (χ1n) is 10.9. The first-order valence-corrected chi connectivity index (χ1v) is 12.1. The topological polar surface area (TPSA) is 113 Å². The zero-order valence-corrected chi connectivity index (χ0v) is 19.7. The lowest BCUT2D eigenvalue weighted by Gasteiger charge is -2.23. The van der Waals surface area contributed by atoms with Crippen molar-refractivity contribution in [2.45, 2.75) is 30.3 Å². The fourth-order valence-electron chi connectivity index (χ4n) is 4.09. The van der Waals surface area contributed by atoms with Gasteiger partial charge in [0.25, 0.3) is 0 Å². The molecule has 0 spiro atoms. The number of fused-ring (bicyclic) bond motifs is 1. The number of ether oxygens (including phenoxy) is 2. The van der Waals surface area contributed by atoms with Crippen LogP contribution in [0.25, 0.3) is 0 Å². The Balaban J connectivity index is 1.37. The smallest absolute Gasteiger partial charge is 0.236 e. The zero-order chi connectivity index (χ0) is 23.7. The first-order chi connectivity index (χ1) is 16.5. The zero-order valence-electron chi connectivity index (χ0n) is 18.2. The van der Waals surface area contributed by atoms with Crippen molar-refractivity contribution in [3.8, 4) is 11.5 Å². The second-order valence-corrected chi connectivity index (χ2v) is 9.82. The fraction of sp³-hybridized carbons (Fsp3) is 0.333. The van der Waals surface area contributed by atoms with Crippen LogP contribution in [0, 0.1) is 0 Å². The van der Waals surface area contributed by atoms with Gasteiger partial charge in [0.1, 0.15) is 0 Å². The number of aliphatic hydroxyl groups is 2. The molecule has 0 bridgehead atoms. The Hall–Kier alpha value is -2.69. The van der Waals surface area contributed by atoms with Gasteiger partial charge in [0.15, 0.2) is 16.6 Å². The van der Waals surface area contributed by atoms with E-state index in [0.717, 1.165) is 28.8 Å². The lowest BCUT2D eigenvalue weighted by atomic mass is 9.94. The van der Waals surface area contributed by atoms with Crippen molar-refractivity contribution in [1.82, 2.24) is 10.3 Å². The van der Waals surface area contributed by atoms with E-state index in [-0.39, 0.29) is 25.9 Å². The van der Waals surface area contributed by atoms with E-state index in [2.05, 4.69) is 15.6 Å². The monoisotopic (exact) mass is 501 g/mol. The van der Waals surface area contributed by atoms with Gasteiger partial charge in [-0.3, -0.25) is 10.1 Å². The molecule has 1 aliphatic heterocycles. The third-order valence-corrected chi connectivity index (χ3v) is 7.52. The molecule has 0 saturated heterocycles. The number of nitrogens with one attached hydrogen (secondary N) is 2. The molecule has 1 amide bonds. The number of hydrogen-bond acceptors (Lipinski definition) is 8. The average molecular weight is 502 g/mol. The predicted molar refractivity (Wildman–Crippen MR) is 129 cm³/mol. The lowest BCUT2D eigenvalue weighted by Crippen LogP contribution is -2.38. The van der Waals surface area contributed by atoms with Crippen molar-refractivity contribution in [3.63, 3.8) is 0 Å². The second-order valence-electron chi connectivity index (χ2n) is 8.36. The SMILES string of the molecule is O=C(Nc1ncc(C(NC(CO)CO)c2ccccc2Cl)s1)C1(c2ccc3c(c2)OCO3)CC1. The molecular formula is C24H24ClN3O5S. The molecule has 2 aromatic carbocycles. The minimum absolute atomic E-state index is 0.113. The normalized spacial score (nSPS) is 16.5. The summed E-state index contributed by atoms with van der Waals surface area (Å²) in [7, 11) is 0. The van der Waals surface area contributed by atoms with Crippen LogP contribution in [-0.4, -0.2) is 47.2 Å². The summed E-state index contributed by atoms with van der Waals surface area (Å²) in [6, 6.07) is 12.0. The summed E-state index contributed by atoms with van der Waals surface area (Å²) in [5, 5.41) is 26.4. The van der Waals surface area contributed by atoms with Crippen LogP contribution < -0.4 is 20.1 Å².